The minimum atomic E-state index is -0.273. The number of carbonyl (C=O) groups is 1. The Labute approximate surface area is 125 Å². The zero-order chi connectivity index (χ0) is 14.6. The van der Waals surface area contributed by atoms with Gasteiger partial charge in [0.25, 0.3) is 5.91 Å². The number of amides is 1. The second kappa shape index (κ2) is 10.3. The first kappa shape index (κ1) is 16.5. The Kier molecular flexibility index (Phi) is 8.47. The fourth-order valence-electron chi connectivity index (χ4n) is 1.56. The van der Waals surface area contributed by atoms with Crippen molar-refractivity contribution < 1.29 is 9.53 Å². The van der Waals surface area contributed by atoms with E-state index in [1.54, 1.807) is 30.5 Å². The van der Waals surface area contributed by atoms with Crippen LogP contribution in [-0.2, 0) is 4.79 Å². The third-order valence-electron chi connectivity index (χ3n) is 2.65. The maximum absolute atomic E-state index is 11.4. The number of halogens is 1. The van der Waals surface area contributed by atoms with Gasteiger partial charge in [-0.25, -0.2) is 5.43 Å². The number of hydrazone groups is 1. The molecule has 0 saturated carbocycles. The van der Waals surface area contributed by atoms with Gasteiger partial charge in [-0.05, 0) is 37.1 Å². The number of nitrogens with one attached hydrogen (secondary N) is 1. The topological polar surface area (TPSA) is 50.7 Å². The number of ether oxygens (including phenoxy) is 1. The van der Waals surface area contributed by atoms with E-state index in [1.165, 1.54) is 19.3 Å². The Morgan fingerprint density at radius 1 is 1.30 bits per heavy atom. The van der Waals surface area contributed by atoms with Crippen LogP contribution >= 0.6 is 11.6 Å². The molecule has 0 heterocycles. The molecule has 1 N–H and O–H groups in total. The molecule has 1 aromatic rings. The Morgan fingerprint density at radius 2 is 2.05 bits per heavy atom. The van der Waals surface area contributed by atoms with Crippen molar-refractivity contribution in [3.05, 3.63) is 29.3 Å². The number of hydrogen-bond donors (Lipinski definition) is 1. The van der Waals surface area contributed by atoms with Crippen LogP contribution in [0.15, 0.2) is 29.4 Å². The van der Waals surface area contributed by atoms with Gasteiger partial charge in [0.05, 0.1) is 0 Å². The number of benzene rings is 1. The lowest BCUT2D eigenvalue weighted by Gasteiger charge is -2.04. The molecule has 0 fully saturated rings. The van der Waals surface area contributed by atoms with E-state index >= 15 is 0 Å². The van der Waals surface area contributed by atoms with Crippen molar-refractivity contribution >= 4 is 23.7 Å². The molecule has 0 unspecified atom stereocenters. The molecule has 0 radical (unpaired) electrons. The average molecular weight is 297 g/mol. The van der Waals surface area contributed by atoms with E-state index in [0.717, 1.165) is 12.8 Å². The smallest absolute Gasteiger partial charge is 0.277 e. The van der Waals surface area contributed by atoms with Crippen LogP contribution in [0.1, 0.15) is 39.0 Å². The Hall–Kier alpha value is -1.55. The third kappa shape index (κ3) is 7.79. The summed E-state index contributed by atoms with van der Waals surface area (Å²) >= 11 is 5.75. The van der Waals surface area contributed by atoms with Gasteiger partial charge < -0.3 is 4.74 Å². The van der Waals surface area contributed by atoms with Crippen LogP contribution in [-0.4, -0.2) is 18.7 Å². The summed E-state index contributed by atoms with van der Waals surface area (Å²) in [4.78, 5) is 11.4. The van der Waals surface area contributed by atoms with Gasteiger partial charge in [-0.1, -0.05) is 37.8 Å². The van der Waals surface area contributed by atoms with Crippen LogP contribution in [0.25, 0.3) is 0 Å². The standard InChI is InChI=1S/C15H21ClN2O2/c1-2-3-4-5-6-11-17-18-15(19)12-20-14-9-7-13(16)8-10-14/h7-11H,2-6,12H2,1H3,(H,18,19). The molecule has 0 spiro atoms. The largest absolute Gasteiger partial charge is 0.484 e. The number of carbonyl (C=O) groups excluding carboxylic acids is 1. The zero-order valence-electron chi connectivity index (χ0n) is 11.8. The highest BCUT2D eigenvalue weighted by atomic mass is 35.5. The molecular formula is C15H21ClN2O2. The summed E-state index contributed by atoms with van der Waals surface area (Å²) in [7, 11) is 0. The third-order valence-corrected chi connectivity index (χ3v) is 2.90. The minimum Gasteiger partial charge on any atom is -0.484 e. The first-order valence-corrected chi connectivity index (χ1v) is 7.29. The van der Waals surface area contributed by atoms with Gasteiger partial charge in [0.2, 0.25) is 0 Å². The Balaban J connectivity index is 2.11. The highest BCUT2D eigenvalue weighted by Gasteiger charge is 2.00. The summed E-state index contributed by atoms with van der Waals surface area (Å²) in [5.41, 5.74) is 2.43. The molecule has 1 aromatic carbocycles. The van der Waals surface area contributed by atoms with Crippen LogP contribution in [0, 0.1) is 0 Å². The van der Waals surface area contributed by atoms with Crippen LogP contribution < -0.4 is 10.2 Å². The molecule has 0 saturated heterocycles. The summed E-state index contributed by atoms with van der Waals surface area (Å²) in [5, 5.41) is 4.50. The van der Waals surface area contributed by atoms with Crippen molar-refractivity contribution in [2.75, 3.05) is 6.61 Å². The van der Waals surface area contributed by atoms with Crippen molar-refractivity contribution in [3.8, 4) is 5.75 Å². The quantitative estimate of drug-likeness (QED) is 0.428. The lowest BCUT2D eigenvalue weighted by atomic mass is 10.2. The number of rotatable bonds is 9. The maximum Gasteiger partial charge on any atom is 0.277 e. The van der Waals surface area contributed by atoms with E-state index in [2.05, 4.69) is 17.5 Å². The predicted molar refractivity (Wildman–Crippen MR) is 82.3 cm³/mol. The molecule has 0 aromatic heterocycles. The molecule has 0 aliphatic carbocycles. The zero-order valence-corrected chi connectivity index (χ0v) is 12.5. The molecule has 5 heteroatoms. The summed E-state index contributed by atoms with van der Waals surface area (Å²) in [5.74, 6) is 0.331. The van der Waals surface area contributed by atoms with Gasteiger partial charge in [-0.3, -0.25) is 4.79 Å². The Morgan fingerprint density at radius 3 is 2.75 bits per heavy atom. The predicted octanol–water partition coefficient (Wildman–Crippen LogP) is 3.79. The number of unbranched alkanes of at least 4 members (excludes halogenated alkanes) is 4. The molecule has 0 bridgehead atoms. The SMILES string of the molecule is CCCCCCC=NNC(=O)COc1ccc(Cl)cc1. The van der Waals surface area contributed by atoms with Gasteiger partial charge in [0.1, 0.15) is 5.75 Å². The van der Waals surface area contributed by atoms with E-state index in [4.69, 9.17) is 16.3 Å². The van der Waals surface area contributed by atoms with Crippen LogP contribution in [0.5, 0.6) is 5.75 Å². The van der Waals surface area contributed by atoms with Gasteiger partial charge in [-0.15, -0.1) is 0 Å². The van der Waals surface area contributed by atoms with Gasteiger partial charge >= 0.3 is 0 Å². The summed E-state index contributed by atoms with van der Waals surface area (Å²) in [6.45, 7) is 2.11. The molecule has 1 amide bonds. The maximum atomic E-state index is 11.4. The molecule has 0 atom stereocenters. The van der Waals surface area contributed by atoms with Crippen molar-refractivity contribution in [2.24, 2.45) is 5.10 Å². The highest BCUT2D eigenvalue weighted by molar-refractivity contribution is 6.30. The van der Waals surface area contributed by atoms with Gasteiger partial charge in [0.15, 0.2) is 6.61 Å². The second-order valence-electron chi connectivity index (χ2n) is 4.44. The monoisotopic (exact) mass is 296 g/mol. The number of hydrogen-bond acceptors (Lipinski definition) is 3. The van der Waals surface area contributed by atoms with E-state index in [1.807, 2.05) is 0 Å². The summed E-state index contributed by atoms with van der Waals surface area (Å²) < 4.78 is 5.29. The van der Waals surface area contributed by atoms with Crippen molar-refractivity contribution in [1.29, 1.82) is 0 Å². The van der Waals surface area contributed by atoms with Gasteiger partial charge in [0, 0.05) is 11.2 Å². The molecular weight excluding hydrogens is 276 g/mol. The lowest BCUT2D eigenvalue weighted by Crippen LogP contribution is -2.24. The van der Waals surface area contributed by atoms with Crippen LogP contribution in [0.3, 0.4) is 0 Å². The van der Waals surface area contributed by atoms with Gasteiger partial charge in [-0.2, -0.15) is 5.10 Å². The normalized spacial score (nSPS) is 10.7. The molecule has 0 aliphatic heterocycles. The van der Waals surface area contributed by atoms with Crippen LogP contribution in [0.2, 0.25) is 5.02 Å². The fourth-order valence-corrected chi connectivity index (χ4v) is 1.68. The van der Waals surface area contributed by atoms with Crippen LogP contribution in [0.4, 0.5) is 0 Å². The minimum absolute atomic E-state index is 0.0607. The molecule has 4 nitrogen and oxygen atoms in total. The molecule has 1 rings (SSSR count). The van der Waals surface area contributed by atoms with E-state index < -0.39 is 0 Å². The first-order valence-electron chi connectivity index (χ1n) is 6.91. The summed E-state index contributed by atoms with van der Waals surface area (Å²) in [6, 6.07) is 6.85. The molecule has 0 aliphatic rings. The Bertz CT molecular complexity index is 418. The second-order valence-corrected chi connectivity index (χ2v) is 4.88. The summed E-state index contributed by atoms with van der Waals surface area (Å²) in [6.07, 6.45) is 7.39. The van der Waals surface area contributed by atoms with Crippen molar-refractivity contribution in [1.82, 2.24) is 5.43 Å². The first-order chi connectivity index (χ1) is 9.72. The van der Waals surface area contributed by atoms with E-state index in [0.29, 0.717) is 10.8 Å². The number of nitrogens with zero attached hydrogens (tertiary/aromatic N) is 1. The lowest BCUT2D eigenvalue weighted by molar-refractivity contribution is -0.123. The molecule has 110 valence electrons. The van der Waals surface area contributed by atoms with E-state index in [-0.39, 0.29) is 12.5 Å². The van der Waals surface area contributed by atoms with Crippen molar-refractivity contribution in [3.63, 3.8) is 0 Å². The highest BCUT2D eigenvalue weighted by Crippen LogP contribution is 2.15. The fraction of sp³-hybridized carbons (Fsp3) is 0.467. The average Bonchev–Trinajstić information content (AvgIpc) is 2.46. The molecule has 20 heavy (non-hydrogen) atoms. The van der Waals surface area contributed by atoms with Crippen molar-refractivity contribution in [2.45, 2.75) is 39.0 Å². The van der Waals surface area contributed by atoms with E-state index in [9.17, 15) is 4.79 Å².